The monoisotopic (exact) mass is 402 g/mol. The highest BCUT2D eigenvalue weighted by Crippen LogP contribution is 2.69. The summed E-state index contributed by atoms with van der Waals surface area (Å²) < 4.78 is 0. The maximum Gasteiger partial charge on any atom is -0.0128 e. The number of hydrogen-bond donors (Lipinski definition) is 1. The Labute approximate surface area is 176 Å². The molecule has 0 saturated heterocycles. The van der Waals surface area contributed by atoms with Crippen LogP contribution in [-0.2, 0) is 6.42 Å². The van der Waals surface area contributed by atoms with Crippen LogP contribution in [0.5, 0.6) is 0 Å². The van der Waals surface area contributed by atoms with Crippen LogP contribution in [0.3, 0.4) is 0 Å². The smallest absolute Gasteiger partial charge is 0.0128 e. The van der Waals surface area contributed by atoms with Crippen LogP contribution in [0.2, 0.25) is 0 Å². The molecule has 0 radical (unpaired) electrons. The maximum atomic E-state index is 2.61. The fourth-order valence-electron chi connectivity index (χ4n) is 5.69. The molecule has 0 aliphatic heterocycles. The van der Waals surface area contributed by atoms with E-state index in [1.807, 2.05) is 0 Å². The first kappa shape index (κ1) is 23.3. The molecule has 1 aromatic rings. The number of aryl methyl sites for hydroxylation is 2. The Morgan fingerprint density at radius 2 is 1.71 bits per heavy atom. The normalized spacial score (nSPS) is 20.1. The van der Waals surface area contributed by atoms with E-state index in [0.717, 1.165) is 5.92 Å². The van der Waals surface area contributed by atoms with Crippen molar-refractivity contribution in [3.63, 3.8) is 0 Å². The highest BCUT2D eigenvalue weighted by Gasteiger charge is 2.34. The Kier molecular flexibility index (Phi) is 7.70. The lowest BCUT2D eigenvalue weighted by Gasteiger charge is -2.55. The molecule has 2 atom stereocenters. The third-order valence-corrected chi connectivity index (χ3v) is 10.8. The molecule has 1 aromatic carbocycles. The van der Waals surface area contributed by atoms with Gasteiger partial charge in [-0.1, -0.05) is 76.5 Å². The van der Waals surface area contributed by atoms with Crippen molar-refractivity contribution in [3.8, 4) is 0 Å². The zero-order valence-electron chi connectivity index (χ0n) is 19.9. The lowest BCUT2D eigenvalue weighted by atomic mass is 9.82. The van der Waals surface area contributed by atoms with Crippen LogP contribution in [0.1, 0.15) is 70.9 Å². The van der Waals surface area contributed by atoms with Crippen molar-refractivity contribution in [2.45, 2.75) is 78.0 Å². The largest absolute Gasteiger partial charge is 0.268 e. The minimum absolute atomic E-state index is 0.636. The predicted octanol–water partition coefficient (Wildman–Crippen LogP) is 7.99. The van der Waals surface area contributed by atoms with Crippen LogP contribution in [0.4, 0.5) is 0 Å². The van der Waals surface area contributed by atoms with E-state index in [1.54, 1.807) is 21.6 Å². The summed E-state index contributed by atoms with van der Waals surface area (Å²) >= 11 is 0. The van der Waals surface area contributed by atoms with E-state index in [1.165, 1.54) is 49.8 Å². The second kappa shape index (κ2) is 9.24. The molecule has 1 heteroatoms. The molecule has 0 saturated carbocycles. The molecule has 0 N–H and O–H groups in total. The van der Waals surface area contributed by atoms with E-state index in [-0.39, 0.29) is 0 Å². The lowest BCUT2D eigenvalue weighted by molar-refractivity contribution is 0.556. The van der Waals surface area contributed by atoms with Crippen LogP contribution >= 0.6 is 9.16 Å². The minimum atomic E-state index is -1.98. The molecule has 28 heavy (non-hydrogen) atoms. The van der Waals surface area contributed by atoms with Gasteiger partial charge in [0.05, 0.1) is 0 Å². The van der Waals surface area contributed by atoms with Crippen molar-refractivity contribution in [2.24, 2.45) is 11.8 Å². The number of thiol groups is 1. The number of rotatable bonds is 9. The average Bonchev–Trinajstić information content (AvgIpc) is 2.61. The van der Waals surface area contributed by atoms with E-state index in [0.29, 0.717) is 5.92 Å². The fraction of sp³-hybridized carbons (Fsp3) is 0.630. The van der Waals surface area contributed by atoms with Crippen LogP contribution in [0.15, 0.2) is 46.4 Å². The first-order chi connectivity index (χ1) is 13.1. The van der Waals surface area contributed by atoms with Crippen molar-refractivity contribution in [3.05, 3.63) is 52.6 Å². The van der Waals surface area contributed by atoms with Gasteiger partial charge in [-0.15, -0.1) is 0 Å². The predicted molar refractivity (Wildman–Crippen MR) is 134 cm³/mol. The van der Waals surface area contributed by atoms with Gasteiger partial charge in [0.1, 0.15) is 0 Å². The third kappa shape index (κ3) is 5.35. The van der Waals surface area contributed by atoms with E-state index in [9.17, 15) is 0 Å². The number of hydrogen-bond acceptors (Lipinski definition) is 0. The second-order valence-electron chi connectivity index (χ2n) is 10.5. The molecule has 1 aliphatic rings. The van der Waals surface area contributed by atoms with Gasteiger partial charge < -0.3 is 0 Å². The molecule has 0 nitrogen and oxygen atoms in total. The fourth-order valence-corrected chi connectivity index (χ4v) is 10.6. The minimum Gasteiger partial charge on any atom is -0.268 e. The van der Waals surface area contributed by atoms with Crippen LogP contribution in [0.25, 0.3) is 0 Å². The van der Waals surface area contributed by atoms with Crippen molar-refractivity contribution in [2.75, 3.05) is 24.5 Å². The summed E-state index contributed by atoms with van der Waals surface area (Å²) in [6.45, 7) is 11.8. The van der Waals surface area contributed by atoms with E-state index < -0.39 is 9.16 Å². The summed E-state index contributed by atoms with van der Waals surface area (Å²) in [7, 11) is -1.98. The lowest BCUT2D eigenvalue weighted by Crippen LogP contribution is -2.26. The summed E-state index contributed by atoms with van der Waals surface area (Å²) in [4.78, 5) is 1.71. The molecular weight excluding hydrogens is 356 g/mol. The Morgan fingerprint density at radius 3 is 2.32 bits per heavy atom. The van der Waals surface area contributed by atoms with Gasteiger partial charge in [-0.25, -0.2) is 0 Å². The topological polar surface area (TPSA) is 0 Å². The van der Waals surface area contributed by atoms with Gasteiger partial charge in [0.25, 0.3) is 0 Å². The first-order valence-corrected chi connectivity index (χ1v) is 15.4. The molecule has 1 aliphatic carbocycles. The summed E-state index contributed by atoms with van der Waals surface area (Å²) in [6, 6.07) is 6.98. The van der Waals surface area contributed by atoms with Gasteiger partial charge in [0, 0.05) is 0 Å². The number of allylic oxidation sites excluding steroid dienone is 4. The summed E-state index contributed by atoms with van der Waals surface area (Å²) in [5.41, 5.74) is 6.43. The molecule has 0 spiro atoms. The molecule has 0 bridgehead atoms. The standard InChI is InChI=1S/C27H46S/c1-9-13-24-16-12-15-21(4)27(24)28(6,7,8)20-22(5)25-18-17-23(11-3)26(19-25)14-10-2/h12,15-16,18-19,22-23,28H,9-11,13-14,17,20H2,1-8H3. The molecule has 2 rings (SSSR count). The zero-order chi connectivity index (χ0) is 21.0. The molecular formula is C27H46S. The van der Waals surface area contributed by atoms with Crippen LogP contribution < -0.4 is 0 Å². The van der Waals surface area contributed by atoms with E-state index in [4.69, 9.17) is 0 Å². The summed E-state index contributed by atoms with van der Waals surface area (Å²) in [5, 5.41) is 0. The molecule has 0 heterocycles. The molecule has 2 unspecified atom stereocenters. The van der Waals surface area contributed by atoms with Crippen molar-refractivity contribution < 1.29 is 0 Å². The number of benzene rings is 1. The zero-order valence-corrected chi connectivity index (χ0v) is 20.8. The Balaban J connectivity index is 2.34. The molecule has 0 amide bonds. The van der Waals surface area contributed by atoms with Gasteiger partial charge in [0.2, 0.25) is 0 Å². The molecule has 0 aromatic heterocycles. The van der Waals surface area contributed by atoms with E-state index in [2.05, 4.69) is 83.7 Å². The SMILES string of the molecule is CCCC1=CC(C(C)C[SH](C)(C)(C)c2c(C)cccc2CCC)=CCC1CC. The van der Waals surface area contributed by atoms with Gasteiger partial charge in [-0.2, -0.15) is 0 Å². The molecule has 160 valence electrons. The van der Waals surface area contributed by atoms with Crippen molar-refractivity contribution >= 4 is 9.16 Å². The van der Waals surface area contributed by atoms with Gasteiger partial charge in [-0.3, -0.25) is 9.16 Å². The van der Waals surface area contributed by atoms with Crippen LogP contribution in [-0.4, -0.2) is 24.5 Å². The van der Waals surface area contributed by atoms with Crippen LogP contribution in [0, 0.1) is 18.8 Å². The quantitative estimate of drug-likeness (QED) is 0.397. The summed E-state index contributed by atoms with van der Waals surface area (Å²) in [6.07, 6.45) is 20.5. The van der Waals surface area contributed by atoms with Crippen molar-refractivity contribution in [1.82, 2.24) is 0 Å². The van der Waals surface area contributed by atoms with Crippen molar-refractivity contribution in [1.29, 1.82) is 0 Å². The van der Waals surface area contributed by atoms with Gasteiger partial charge in [0.15, 0.2) is 0 Å². The highest BCUT2D eigenvalue weighted by molar-refractivity contribution is 8.48. The summed E-state index contributed by atoms with van der Waals surface area (Å²) in [5.74, 6) is 2.73. The van der Waals surface area contributed by atoms with Gasteiger partial charge >= 0.3 is 0 Å². The Hall–Kier alpha value is -0.950. The maximum absolute atomic E-state index is 2.61. The Bertz CT molecular complexity index is 726. The Morgan fingerprint density at radius 1 is 1.04 bits per heavy atom. The highest BCUT2D eigenvalue weighted by atomic mass is 32.3. The molecule has 0 fully saturated rings. The third-order valence-electron chi connectivity index (χ3n) is 6.70. The average molecular weight is 403 g/mol. The van der Waals surface area contributed by atoms with E-state index >= 15 is 0 Å². The second-order valence-corrected chi connectivity index (χ2v) is 17.6. The van der Waals surface area contributed by atoms with Gasteiger partial charge in [-0.05, 0) is 90.6 Å². The first-order valence-electron chi connectivity index (χ1n) is 11.6.